The number of hydrogen-bond acceptors (Lipinski definition) is 4. The van der Waals surface area contributed by atoms with E-state index in [0.717, 1.165) is 12.8 Å². The Morgan fingerprint density at radius 1 is 1.33 bits per heavy atom. The summed E-state index contributed by atoms with van der Waals surface area (Å²) in [6.45, 7) is 2.00. The molecule has 0 amide bonds. The van der Waals surface area contributed by atoms with E-state index in [1.54, 1.807) is 0 Å². The smallest absolute Gasteiger partial charge is 0.341 e. The second kappa shape index (κ2) is 7.84. The highest BCUT2D eigenvalue weighted by atomic mass is 32.2. The van der Waals surface area contributed by atoms with Gasteiger partial charge in [-0.15, -0.1) is 0 Å². The average molecular weight is 316 g/mol. The normalized spacial score (nSPS) is 11.4. The maximum Gasteiger partial charge on any atom is 0.341 e. The van der Waals surface area contributed by atoms with Crippen LogP contribution in [0.15, 0.2) is 24.3 Å². The van der Waals surface area contributed by atoms with Crippen LogP contribution in [-0.2, 0) is 15.0 Å². The number of benzene rings is 1. The summed E-state index contributed by atoms with van der Waals surface area (Å²) < 4.78 is 32.7. The zero-order chi connectivity index (χ0) is 15.9. The highest BCUT2D eigenvalue weighted by molar-refractivity contribution is 7.90. The van der Waals surface area contributed by atoms with Crippen LogP contribution < -0.4 is 9.46 Å². The van der Waals surface area contributed by atoms with Gasteiger partial charge in [0.25, 0.3) is 0 Å². The molecule has 0 aliphatic rings. The maximum atomic E-state index is 12.0. The van der Waals surface area contributed by atoms with Crippen molar-refractivity contribution < 1.29 is 23.1 Å². The fourth-order valence-electron chi connectivity index (χ4n) is 1.49. The minimum Gasteiger partial charge on any atom is -0.482 e. The standard InChI is InChI=1S/C13H20N2O5S/c1-3-4-9-15(2)21(18,19)14-11-5-7-12(8-6-11)20-10-13(16)17/h5-8,14H,3-4,9-10H2,1-2H3,(H,16,17). The molecule has 1 aromatic carbocycles. The highest BCUT2D eigenvalue weighted by Gasteiger charge is 2.16. The number of carboxylic acid groups (broad SMARTS) is 1. The van der Waals surface area contributed by atoms with Crippen molar-refractivity contribution in [2.24, 2.45) is 0 Å². The quantitative estimate of drug-likeness (QED) is 0.720. The van der Waals surface area contributed by atoms with E-state index in [1.165, 1.54) is 35.6 Å². The van der Waals surface area contributed by atoms with Crippen molar-refractivity contribution in [1.29, 1.82) is 0 Å². The van der Waals surface area contributed by atoms with E-state index in [9.17, 15) is 13.2 Å². The minimum absolute atomic E-state index is 0.361. The summed E-state index contributed by atoms with van der Waals surface area (Å²) in [6.07, 6.45) is 1.70. The third kappa shape index (κ3) is 6.01. The number of nitrogens with one attached hydrogen (secondary N) is 1. The lowest BCUT2D eigenvalue weighted by Gasteiger charge is -2.18. The summed E-state index contributed by atoms with van der Waals surface area (Å²) in [4.78, 5) is 10.4. The molecule has 0 aromatic heterocycles. The third-order valence-electron chi connectivity index (χ3n) is 2.70. The summed E-state index contributed by atoms with van der Waals surface area (Å²) in [5.74, 6) is -0.711. The average Bonchev–Trinajstić information content (AvgIpc) is 2.43. The molecule has 0 aliphatic heterocycles. The Hall–Kier alpha value is -1.80. The summed E-state index contributed by atoms with van der Waals surface area (Å²) in [7, 11) is -2.06. The second-order valence-electron chi connectivity index (χ2n) is 4.49. The lowest BCUT2D eigenvalue weighted by atomic mass is 10.3. The van der Waals surface area contributed by atoms with Crippen LogP contribution in [0.4, 0.5) is 5.69 Å². The van der Waals surface area contributed by atoms with Crippen molar-refractivity contribution in [2.75, 3.05) is 24.9 Å². The van der Waals surface area contributed by atoms with Crippen LogP contribution >= 0.6 is 0 Å². The van der Waals surface area contributed by atoms with Gasteiger partial charge >= 0.3 is 16.2 Å². The van der Waals surface area contributed by atoms with Crippen molar-refractivity contribution in [3.63, 3.8) is 0 Å². The molecule has 0 unspecified atom stereocenters. The molecule has 0 spiro atoms. The van der Waals surface area contributed by atoms with Gasteiger partial charge in [-0.25, -0.2) is 4.79 Å². The van der Waals surface area contributed by atoms with Crippen LogP contribution in [0.25, 0.3) is 0 Å². The van der Waals surface area contributed by atoms with Gasteiger partial charge in [-0.1, -0.05) is 13.3 Å². The first-order valence-electron chi connectivity index (χ1n) is 6.54. The molecule has 0 aliphatic carbocycles. The van der Waals surface area contributed by atoms with Gasteiger partial charge < -0.3 is 9.84 Å². The molecule has 0 saturated carbocycles. The molecule has 2 N–H and O–H groups in total. The Balaban J connectivity index is 2.64. The molecule has 0 saturated heterocycles. The maximum absolute atomic E-state index is 12.0. The number of rotatable bonds is 9. The van der Waals surface area contributed by atoms with E-state index in [1.807, 2.05) is 6.92 Å². The first kappa shape index (κ1) is 17.3. The molecule has 21 heavy (non-hydrogen) atoms. The number of unbranched alkanes of at least 4 members (excludes halogenated alkanes) is 1. The molecule has 0 atom stereocenters. The molecule has 1 aromatic rings. The molecule has 0 radical (unpaired) electrons. The summed E-state index contributed by atoms with van der Waals surface area (Å²) in [6, 6.07) is 6.05. The van der Waals surface area contributed by atoms with Gasteiger partial charge in [-0.3, -0.25) is 4.72 Å². The first-order valence-corrected chi connectivity index (χ1v) is 7.98. The number of ether oxygens (including phenoxy) is 1. The van der Waals surface area contributed by atoms with Gasteiger partial charge in [0, 0.05) is 13.6 Å². The number of carboxylic acids is 1. The van der Waals surface area contributed by atoms with E-state index >= 15 is 0 Å². The van der Waals surface area contributed by atoms with Crippen LogP contribution in [-0.4, -0.2) is 44.0 Å². The number of anilines is 1. The number of carbonyl (C=O) groups is 1. The monoisotopic (exact) mass is 316 g/mol. The van der Waals surface area contributed by atoms with Crippen LogP contribution in [0.3, 0.4) is 0 Å². The Kier molecular flexibility index (Phi) is 6.44. The zero-order valence-corrected chi connectivity index (χ0v) is 12.9. The lowest BCUT2D eigenvalue weighted by Crippen LogP contribution is -2.33. The second-order valence-corrected chi connectivity index (χ2v) is 6.27. The van der Waals surface area contributed by atoms with E-state index < -0.39 is 22.8 Å². The van der Waals surface area contributed by atoms with Crippen molar-refractivity contribution in [3.05, 3.63) is 24.3 Å². The topological polar surface area (TPSA) is 95.9 Å². The van der Waals surface area contributed by atoms with Crippen LogP contribution in [0.1, 0.15) is 19.8 Å². The number of hydrogen-bond donors (Lipinski definition) is 2. The summed E-state index contributed by atoms with van der Waals surface area (Å²) >= 11 is 0. The SMILES string of the molecule is CCCCN(C)S(=O)(=O)Nc1ccc(OCC(=O)O)cc1. The zero-order valence-electron chi connectivity index (χ0n) is 12.1. The van der Waals surface area contributed by atoms with E-state index in [0.29, 0.717) is 18.0 Å². The van der Waals surface area contributed by atoms with Gasteiger partial charge in [0.2, 0.25) is 0 Å². The highest BCUT2D eigenvalue weighted by Crippen LogP contribution is 2.17. The predicted octanol–water partition coefficient (Wildman–Crippen LogP) is 1.54. The van der Waals surface area contributed by atoms with Gasteiger partial charge in [-0.05, 0) is 30.7 Å². The Morgan fingerprint density at radius 3 is 2.48 bits per heavy atom. The molecule has 0 bridgehead atoms. The fraction of sp³-hybridized carbons (Fsp3) is 0.462. The Bertz CT molecular complexity index is 556. The molecule has 1 rings (SSSR count). The summed E-state index contributed by atoms with van der Waals surface area (Å²) in [5, 5.41) is 8.49. The fourth-order valence-corrected chi connectivity index (χ4v) is 2.45. The number of aliphatic carboxylic acids is 1. The summed E-state index contributed by atoms with van der Waals surface area (Å²) in [5.41, 5.74) is 0.390. The predicted molar refractivity (Wildman–Crippen MR) is 79.7 cm³/mol. The van der Waals surface area contributed by atoms with Gasteiger partial charge in [0.1, 0.15) is 5.75 Å². The lowest BCUT2D eigenvalue weighted by molar-refractivity contribution is -0.139. The van der Waals surface area contributed by atoms with Crippen LogP contribution in [0.5, 0.6) is 5.75 Å². The molecular formula is C13H20N2O5S. The molecule has 0 fully saturated rings. The van der Waals surface area contributed by atoms with E-state index in [-0.39, 0.29) is 0 Å². The Labute approximate surface area is 124 Å². The third-order valence-corrected chi connectivity index (χ3v) is 4.20. The van der Waals surface area contributed by atoms with Gasteiger partial charge in [0.15, 0.2) is 6.61 Å². The van der Waals surface area contributed by atoms with Gasteiger partial charge in [0.05, 0.1) is 5.69 Å². The van der Waals surface area contributed by atoms with Crippen molar-refractivity contribution >= 4 is 21.9 Å². The molecular weight excluding hydrogens is 296 g/mol. The Morgan fingerprint density at radius 2 is 1.95 bits per heavy atom. The molecule has 8 heteroatoms. The largest absolute Gasteiger partial charge is 0.482 e. The van der Waals surface area contributed by atoms with Crippen LogP contribution in [0.2, 0.25) is 0 Å². The first-order chi connectivity index (χ1) is 9.85. The molecule has 0 heterocycles. The number of nitrogens with zero attached hydrogens (tertiary/aromatic N) is 1. The molecule has 118 valence electrons. The van der Waals surface area contributed by atoms with E-state index in [2.05, 4.69) is 4.72 Å². The molecule has 7 nitrogen and oxygen atoms in total. The van der Waals surface area contributed by atoms with E-state index in [4.69, 9.17) is 9.84 Å². The minimum atomic E-state index is -3.58. The van der Waals surface area contributed by atoms with Crippen LogP contribution in [0, 0.1) is 0 Å². The van der Waals surface area contributed by atoms with Gasteiger partial charge in [-0.2, -0.15) is 12.7 Å². The van der Waals surface area contributed by atoms with Crippen molar-refractivity contribution in [3.8, 4) is 5.75 Å². The van der Waals surface area contributed by atoms with Crippen molar-refractivity contribution in [1.82, 2.24) is 4.31 Å². The van der Waals surface area contributed by atoms with Crippen molar-refractivity contribution in [2.45, 2.75) is 19.8 Å².